The molecule has 6 nitrogen and oxygen atoms in total. The second-order valence-corrected chi connectivity index (χ2v) is 10.7. The van der Waals surface area contributed by atoms with Crippen LogP contribution in [-0.2, 0) is 16.2 Å². The van der Waals surface area contributed by atoms with Crippen LogP contribution in [0, 0.1) is 0 Å². The smallest absolute Gasteiger partial charge is 0.286 e. The normalized spacial score (nSPS) is 18.7. The molecule has 1 fully saturated rings. The van der Waals surface area contributed by atoms with E-state index in [2.05, 4.69) is 4.99 Å². The lowest BCUT2D eigenvalue weighted by atomic mass is 10.1. The summed E-state index contributed by atoms with van der Waals surface area (Å²) in [6, 6.07) is 10.0. The fourth-order valence-electron chi connectivity index (χ4n) is 2.86. The minimum absolute atomic E-state index is 0.0193. The molecular weight excluding hydrogens is 451 g/mol. The predicted octanol–water partition coefficient (Wildman–Crippen LogP) is 4.22. The molecule has 1 amide bonds. The Hall–Kier alpha value is -2.37. The Morgan fingerprint density at radius 2 is 1.81 bits per heavy atom. The number of nitrogens with zero attached hydrogens (tertiary/aromatic N) is 3. The van der Waals surface area contributed by atoms with Gasteiger partial charge in [0.15, 0.2) is 5.17 Å². The molecule has 0 aliphatic carbocycles. The summed E-state index contributed by atoms with van der Waals surface area (Å²) in [6.07, 6.45) is -4.48. The van der Waals surface area contributed by atoms with Gasteiger partial charge in [-0.2, -0.15) is 13.2 Å². The van der Waals surface area contributed by atoms with Crippen molar-refractivity contribution in [2.45, 2.75) is 23.2 Å². The van der Waals surface area contributed by atoms with E-state index in [-0.39, 0.29) is 15.7 Å². The largest absolute Gasteiger partial charge is 0.416 e. The third-order valence-electron chi connectivity index (χ3n) is 4.50. The quantitative estimate of drug-likeness (QED) is 0.670. The van der Waals surface area contributed by atoms with Gasteiger partial charge in [0, 0.05) is 31.5 Å². The molecule has 0 spiro atoms. The van der Waals surface area contributed by atoms with Gasteiger partial charge in [-0.15, -0.1) is 0 Å². The molecule has 1 saturated heterocycles. The second kappa shape index (κ2) is 8.64. The lowest BCUT2D eigenvalue weighted by Gasteiger charge is -2.17. The van der Waals surface area contributed by atoms with E-state index in [1.165, 1.54) is 42.9 Å². The van der Waals surface area contributed by atoms with Crippen LogP contribution in [-0.4, -0.2) is 54.6 Å². The maximum Gasteiger partial charge on any atom is 0.416 e. The van der Waals surface area contributed by atoms with Gasteiger partial charge >= 0.3 is 6.18 Å². The summed E-state index contributed by atoms with van der Waals surface area (Å²) < 4.78 is 64.1. The van der Waals surface area contributed by atoms with Crippen LogP contribution in [0.3, 0.4) is 0 Å². The van der Waals surface area contributed by atoms with Crippen molar-refractivity contribution in [3.63, 3.8) is 0 Å². The zero-order valence-electron chi connectivity index (χ0n) is 16.9. The van der Waals surface area contributed by atoms with Crippen LogP contribution < -0.4 is 0 Å². The maximum atomic E-state index is 12.9. The van der Waals surface area contributed by atoms with E-state index in [0.29, 0.717) is 17.4 Å². The highest BCUT2D eigenvalue weighted by Gasteiger charge is 2.33. The molecule has 0 bridgehead atoms. The van der Waals surface area contributed by atoms with E-state index < -0.39 is 27.7 Å². The molecule has 0 radical (unpaired) electrons. The van der Waals surface area contributed by atoms with Crippen molar-refractivity contribution >= 4 is 38.5 Å². The molecule has 0 aromatic heterocycles. The van der Waals surface area contributed by atoms with Gasteiger partial charge in [-0.05, 0) is 42.5 Å². The number of thioether (sulfide) groups is 1. The molecule has 2 aromatic rings. The van der Waals surface area contributed by atoms with Crippen LogP contribution in [0.4, 0.5) is 18.9 Å². The number of carbonyl (C=O) groups is 1. The molecule has 11 heteroatoms. The zero-order valence-corrected chi connectivity index (χ0v) is 18.6. The van der Waals surface area contributed by atoms with Gasteiger partial charge in [0.2, 0.25) is 10.0 Å². The highest BCUT2D eigenvalue weighted by molar-refractivity contribution is 8.14. The molecule has 3 rings (SSSR count). The van der Waals surface area contributed by atoms with E-state index in [1.54, 1.807) is 12.1 Å². The Morgan fingerprint density at radius 3 is 2.39 bits per heavy atom. The Morgan fingerprint density at radius 1 is 1.16 bits per heavy atom. The standard InChI is InChI=1S/C20H20F3N3O3S2/c1-13-12-26(18(27)14-7-9-15(10-8-14)20(21,22)23)19(30-13)24-16-5-4-6-17(11-16)31(28,29)25(2)3/h4-11,13H,12H2,1-3H3. The summed E-state index contributed by atoms with van der Waals surface area (Å²) in [5.41, 5.74) is -0.370. The van der Waals surface area contributed by atoms with Crippen LogP contribution in [0.1, 0.15) is 22.8 Å². The van der Waals surface area contributed by atoms with Gasteiger partial charge in [0.1, 0.15) is 0 Å². The number of halogens is 3. The van der Waals surface area contributed by atoms with Gasteiger partial charge in [-0.3, -0.25) is 9.69 Å². The fourth-order valence-corrected chi connectivity index (χ4v) is 4.83. The Balaban J connectivity index is 1.91. The van der Waals surface area contributed by atoms with E-state index >= 15 is 0 Å². The molecule has 166 valence electrons. The number of alkyl halides is 3. The molecule has 0 N–H and O–H groups in total. The summed E-state index contributed by atoms with van der Waals surface area (Å²) >= 11 is 1.33. The summed E-state index contributed by atoms with van der Waals surface area (Å²) in [5.74, 6) is -0.471. The average molecular weight is 472 g/mol. The first kappa shape index (κ1) is 23.3. The number of amides is 1. The molecule has 1 unspecified atom stereocenters. The summed E-state index contributed by atoms with van der Waals surface area (Å²) in [5, 5.41) is 0.377. The van der Waals surface area contributed by atoms with Crippen LogP contribution in [0.25, 0.3) is 0 Å². The minimum Gasteiger partial charge on any atom is -0.286 e. The lowest BCUT2D eigenvalue weighted by molar-refractivity contribution is -0.137. The molecular formula is C20H20F3N3O3S2. The zero-order chi connectivity index (χ0) is 23.0. The number of carbonyl (C=O) groups excluding carboxylic acids is 1. The summed E-state index contributed by atoms with van der Waals surface area (Å²) in [4.78, 5) is 18.8. The first-order valence-corrected chi connectivity index (χ1v) is 11.5. The van der Waals surface area contributed by atoms with Gasteiger partial charge in [-0.1, -0.05) is 24.8 Å². The van der Waals surface area contributed by atoms with Gasteiger partial charge in [0.05, 0.1) is 16.1 Å². The van der Waals surface area contributed by atoms with E-state index in [4.69, 9.17) is 0 Å². The second-order valence-electron chi connectivity index (χ2n) is 7.10. The van der Waals surface area contributed by atoms with Crippen molar-refractivity contribution in [3.05, 3.63) is 59.7 Å². The van der Waals surface area contributed by atoms with E-state index in [9.17, 15) is 26.4 Å². The molecule has 1 heterocycles. The molecule has 2 aromatic carbocycles. The van der Waals surface area contributed by atoms with Crippen molar-refractivity contribution < 1.29 is 26.4 Å². The van der Waals surface area contributed by atoms with Crippen molar-refractivity contribution in [1.29, 1.82) is 0 Å². The molecule has 0 saturated carbocycles. The lowest BCUT2D eigenvalue weighted by Crippen LogP contribution is -2.32. The number of hydrogen-bond donors (Lipinski definition) is 0. The van der Waals surface area contributed by atoms with Crippen molar-refractivity contribution in [2.24, 2.45) is 4.99 Å². The first-order chi connectivity index (χ1) is 14.4. The topological polar surface area (TPSA) is 70.0 Å². The predicted molar refractivity (Wildman–Crippen MR) is 114 cm³/mol. The fraction of sp³-hybridized carbons (Fsp3) is 0.300. The van der Waals surface area contributed by atoms with E-state index in [0.717, 1.165) is 28.6 Å². The molecule has 1 atom stereocenters. The van der Waals surface area contributed by atoms with Crippen LogP contribution >= 0.6 is 11.8 Å². The third kappa shape index (κ3) is 5.10. The van der Waals surface area contributed by atoms with Crippen LogP contribution in [0.5, 0.6) is 0 Å². The van der Waals surface area contributed by atoms with Gasteiger partial charge < -0.3 is 0 Å². The highest BCUT2D eigenvalue weighted by Crippen LogP contribution is 2.32. The van der Waals surface area contributed by atoms with Gasteiger partial charge in [-0.25, -0.2) is 17.7 Å². The molecule has 1 aliphatic rings. The van der Waals surface area contributed by atoms with Crippen LogP contribution in [0.2, 0.25) is 0 Å². The van der Waals surface area contributed by atoms with Crippen molar-refractivity contribution in [2.75, 3.05) is 20.6 Å². The van der Waals surface area contributed by atoms with Crippen LogP contribution in [0.15, 0.2) is 58.4 Å². The number of sulfonamides is 1. The Kier molecular flexibility index (Phi) is 6.49. The minimum atomic E-state index is -4.48. The number of aliphatic imine (C=N–C) groups is 1. The third-order valence-corrected chi connectivity index (χ3v) is 7.39. The van der Waals surface area contributed by atoms with Gasteiger partial charge in [0.25, 0.3) is 5.91 Å². The maximum absolute atomic E-state index is 12.9. The number of hydrogen-bond acceptors (Lipinski definition) is 5. The summed E-state index contributed by atoms with van der Waals surface area (Å²) in [7, 11) is -0.801. The molecule has 1 aliphatic heterocycles. The van der Waals surface area contributed by atoms with Crippen molar-refractivity contribution in [1.82, 2.24) is 9.21 Å². The first-order valence-electron chi connectivity index (χ1n) is 9.16. The highest BCUT2D eigenvalue weighted by atomic mass is 32.2. The SMILES string of the molecule is CC1CN(C(=O)c2ccc(C(F)(F)F)cc2)C(=Nc2cccc(S(=O)(=O)N(C)C)c2)S1. The monoisotopic (exact) mass is 471 g/mol. The van der Waals surface area contributed by atoms with Crippen molar-refractivity contribution in [3.8, 4) is 0 Å². The number of rotatable bonds is 4. The Labute approximate surface area is 182 Å². The average Bonchev–Trinajstić information content (AvgIpc) is 3.07. The number of benzene rings is 2. The Bertz CT molecular complexity index is 1110. The summed E-state index contributed by atoms with van der Waals surface area (Å²) in [6.45, 7) is 2.23. The number of amidine groups is 1. The molecule has 31 heavy (non-hydrogen) atoms. The van der Waals surface area contributed by atoms with E-state index in [1.807, 2.05) is 6.92 Å².